The van der Waals surface area contributed by atoms with Gasteiger partial charge in [0.2, 0.25) is 0 Å². The second kappa shape index (κ2) is 4.11. The van der Waals surface area contributed by atoms with Crippen LogP contribution in [0.1, 0.15) is 31.5 Å². The van der Waals surface area contributed by atoms with Crippen molar-refractivity contribution >= 4 is 0 Å². The number of nitrogens with one attached hydrogen (secondary N) is 1. The molecule has 0 aromatic carbocycles. The van der Waals surface area contributed by atoms with Crippen LogP contribution in [-0.4, -0.2) is 27.3 Å². The number of aromatic nitrogens is 2. The van der Waals surface area contributed by atoms with E-state index in [2.05, 4.69) is 14.9 Å². The summed E-state index contributed by atoms with van der Waals surface area (Å²) in [4.78, 5) is 4.14. The van der Waals surface area contributed by atoms with Crippen LogP contribution in [0.25, 0.3) is 0 Å². The highest BCUT2D eigenvalue weighted by atomic mass is 16.3. The number of aliphatic hydroxyl groups excluding tert-OH is 1. The molecule has 0 aliphatic heterocycles. The minimum atomic E-state index is -0.285. The second-order valence-electron chi connectivity index (χ2n) is 4.00. The first-order valence-electron chi connectivity index (χ1n) is 5.17. The largest absolute Gasteiger partial charge is 0.392 e. The molecule has 0 amide bonds. The van der Waals surface area contributed by atoms with Crippen LogP contribution in [0.5, 0.6) is 0 Å². The van der Waals surface area contributed by atoms with Crippen molar-refractivity contribution in [1.29, 1.82) is 0 Å². The van der Waals surface area contributed by atoms with E-state index in [-0.39, 0.29) is 6.10 Å². The van der Waals surface area contributed by atoms with Crippen molar-refractivity contribution in [3.63, 3.8) is 0 Å². The van der Waals surface area contributed by atoms with Gasteiger partial charge in [-0.05, 0) is 19.8 Å². The summed E-state index contributed by atoms with van der Waals surface area (Å²) in [7, 11) is 0. The van der Waals surface area contributed by atoms with E-state index in [0.717, 1.165) is 6.54 Å². The Morgan fingerprint density at radius 1 is 1.71 bits per heavy atom. The van der Waals surface area contributed by atoms with Crippen LogP contribution in [0.3, 0.4) is 0 Å². The number of aliphatic hydroxyl groups is 1. The summed E-state index contributed by atoms with van der Waals surface area (Å²) in [5.74, 6) is 0. The fraction of sp³-hybridized carbons (Fsp3) is 0.700. The summed E-state index contributed by atoms with van der Waals surface area (Å²) in [6.45, 7) is 3.21. The molecule has 1 aromatic heterocycles. The maximum atomic E-state index is 9.09. The number of hydrogen-bond donors (Lipinski definition) is 2. The van der Waals surface area contributed by atoms with E-state index >= 15 is 0 Å². The molecule has 2 rings (SSSR count). The lowest BCUT2D eigenvalue weighted by Gasteiger charge is -2.09. The summed E-state index contributed by atoms with van der Waals surface area (Å²) in [5.41, 5.74) is 1.22. The molecule has 1 aliphatic carbocycles. The molecule has 1 heterocycles. The molecule has 14 heavy (non-hydrogen) atoms. The summed E-state index contributed by atoms with van der Waals surface area (Å²) in [5, 5.41) is 12.3. The van der Waals surface area contributed by atoms with Gasteiger partial charge in [-0.2, -0.15) is 0 Å². The SMILES string of the molecule is CC(O)CNCc1cncn1C1CC1. The predicted octanol–water partition coefficient (Wildman–Crippen LogP) is 0.688. The molecule has 1 unspecified atom stereocenters. The van der Waals surface area contributed by atoms with E-state index in [1.807, 2.05) is 12.5 Å². The average Bonchev–Trinajstić information content (AvgIpc) is 2.87. The highest BCUT2D eigenvalue weighted by Crippen LogP contribution is 2.35. The molecule has 0 bridgehead atoms. The summed E-state index contributed by atoms with van der Waals surface area (Å²) < 4.78 is 2.23. The lowest BCUT2D eigenvalue weighted by Crippen LogP contribution is -2.24. The lowest BCUT2D eigenvalue weighted by molar-refractivity contribution is 0.190. The van der Waals surface area contributed by atoms with Gasteiger partial charge in [0.25, 0.3) is 0 Å². The van der Waals surface area contributed by atoms with Crippen LogP contribution in [0.15, 0.2) is 12.5 Å². The topological polar surface area (TPSA) is 50.1 Å². The molecule has 1 atom stereocenters. The fourth-order valence-corrected chi connectivity index (χ4v) is 1.56. The second-order valence-corrected chi connectivity index (χ2v) is 4.00. The van der Waals surface area contributed by atoms with Gasteiger partial charge in [0.1, 0.15) is 0 Å². The van der Waals surface area contributed by atoms with Gasteiger partial charge >= 0.3 is 0 Å². The quantitative estimate of drug-likeness (QED) is 0.726. The Hall–Kier alpha value is -0.870. The van der Waals surface area contributed by atoms with Gasteiger partial charge in [-0.15, -0.1) is 0 Å². The Morgan fingerprint density at radius 2 is 2.50 bits per heavy atom. The Labute approximate surface area is 84.0 Å². The Balaban J connectivity index is 1.85. The summed E-state index contributed by atoms with van der Waals surface area (Å²) >= 11 is 0. The van der Waals surface area contributed by atoms with Gasteiger partial charge in [0.15, 0.2) is 0 Å². The monoisotopic (exact) mass is 195 g/mol. The Kier molecular flexibility index (Phi) is 2.84. The number of rotatable bonds is 5. The van der Waals surface area contributed by atoms with Crippen LogP contribution in [0.2, 0.25) is 0 Å². The van der Waals surface area contributed by atoms with E-state index in [1.165, 1.54) is 18.5 Å². The maximum absolute atomic E-state index is 9.09. The van der Waals surface area contributed by atoms with Crippen LogP contribution >= 0.6 is 0 Å². The Bertz CT molecular complexity index is 291. The van der Waals surface area contributed by atoms with Crippen molar-refractivity contribution < 1.29 is 5.11 Å². The minimum Gasteiger partial charge on any atom is -0.392 e. The normalized spacial score (nSPS) is 18.4. The molecular weight excluding hydrogens is 178 g/mol. The average molecular weight is 195 g/mol. The van der Waals surface area contributed by atoms with Gasteiger partial charge in [-0.3, -0.25) is 0 Å². The van der Waals surface area contributed by atoms with Gasteiger partial charge in [0.05, 0.1) is 18.1 Å². The van der Waals surface area contributed by atoms with Gasteiger partial charge in [0, 0.05) is 25.3 Å². The molecule has 0 saturated heterocycles. The van der Waals surface area contributed by atoms with Crippen molar-refractivity contribution in [2.24, 2.45) is 0 Å². The maximum Gasteiger partial charge on any atom is 0.0951 e. The highest BCUT2D eigenvalue weighted by Gasteiger charge is 2.24. The van der Waals surface area contributed by atoms with E-state index in [1.54, 1.807) is 6.92 Å². The third kappa shape index (κ3) is 2.33. The summed E-state index contributed by atoms with van der Waals surface area (Å²) in [6, 6.07) is 0.681. The first-order valence-corrected chi connectivity index (χ1v) is 5.17. The van der Waals surface area contributed by atoms with Gasteiger partial charge < -0.3 is 15.0 Å². The molecule has 4 nitrogen and oxygen atoms in total. The van der Waals surface area contributed by atoms with E-state index in [9.17, 15) is 0 Å². The van der Waals surface area contributed by atoms with Crippen LogP contribution < -0.4 is 5.32 Å². The van der Waals surface area contributed by atoms with Crippen molar-refractivity contribution in [2.45, 2.75) is 38.5 Å². The third-order valence-electron chi connectivity index (χ3n) is 2.43. The molecular formula is C10H17N3O. The van der Waals surface area contributed by atoms with Crippen LogP contribution in [-0.2, 0) is 6.54 Å². The predicted molar refractivity (Wildman–Crippen MR) is 53.9 cm³/mol. The molecule has 1 aromatic rings. The van der Waals surface area contributed by atoms with Crippen molar-refractivity contribution in [2.75, 3.05) is 6.54 Å². The molecule has 4 heteroatoms. The fourth-order valence-electron chi connectivity index (χ4n) is 1.56. The van der Waals surface area contributed by atoms with Crippen molar-refractivity contribution in [3.05, 3.63) is 18.2 Å². The number of imidazole rings is 1. The van der Waals surface area contributed by atoms with Crippen LogP contribution in [0.4, 0.5) is 0 Å². The number of hydrogen-bond acceptors (Lipinski definition) is 3. The zero-order valence-electron chi connectivity index (χ0n) is 8.48. The summed E-state index contributed by atoms with van der Waals surface area (Å²) in [6.07, 6.45) is 6.07. The first-order chi connectivity index (χ1) is 6.77. The van der Waals surface area contributed by atoms with Gasteiger partial charge in [-0.25, -0.2) is 4.98 Å². The molecule has 0 spiro atoms. The minimum absolute atomic E-state index is 0.285. The third-order valence-corrected chi connectivity index (χ3v) is 2.43. The molecule has 2 N–H and O–H groups in total. The van der Waals surface area contributed by atoms with Crippen LogP contribution in [0, 0.1) is 0 Å². The molecule has 1 fully saturated rings. The first kappa shape index (κ1) is 9.68. The Morgan fingerprint density at radius 3 is 3.14 bits per heavy atom. The molecule has 0 radical (unpaired) electrons. The van der Waals surface area contributed by atoms with Crippen molar-refractivity contribution in [3.8, 4) is 0 Å². The zero-order chi connectivity index (χ0) is 9.97. The molecule has 1 aliphatic rings. The molecule has 78 valence electrons. The van der Waals surface area contributed by atoms with Gasteiger partial charge in [-0.1, -0.05) is 0 Å². The highest BCUT2D eigenvalue weighted by molar-refractivity contribution is 5.03. The molecule has 1 saturated carbocycles. The lowest BCUT2D eigenvalue weighted by atomic mass is 10.4. The van der Waals surface area contributed by atoms with E-state index in [4.69, 9.17) is 5.11 Å². The number of nitrogens with zero attached hydrogens (tertiary/aromatic N) is 2. The smallest absolute Gasteiger partial charge is 0.0951 e. The van der Waals surface area contributed by atoms with E-state index < -0.39 is 0 Å². The standard InChI is InChI=1S/C10H17N3O/c1-8(14)4-11-5-10-6-12-7-13(10)9-2-3-9/h6-9,11,14H,2-5H2,1H3. The van der Waals surface area contributed by atoms with E-state index in [0.29, 0.717) is 12.6 Å². The van der Waals surface area contributed by atoms with Crippen molar-refractivity contribution in [1.82, 2.24) is 14.9 Å². The zero-order valence-corrected chi connectivity index (χ0v) is 8.48.